The van der Waals surface area contributed by atoms with Crippen LogP contribution in [0.3, 0.4) is 0 Å². The Hall–Kier alpha value is -1.03. The van der Waals surface area contributed by atoms with E-state index >= 15 is 0 Å². The van der Waals surface area contributed by atoms with Crippen molar-refractivity contribution in [2.75, 3.05) is 0 Å². The first kappa shape index (κ1) is 14.4. The first-order valence-corrected chi connectivity index (χ1v) is 5.50. The van der Waals surface area contributed by atoms with E-state index in [0.29, 0.717) is 0 Å². The molecule has 11 heteroatoms. The summed E-state index contributed by atoms with van der Waals surface area (Å²) in [4.78, 5) is 0. The van der Waals surface area contributed by atoms with Gasteiger partial charge in [0.2, 0.25) is 0 Å². The zero-order chi connectivity index (χ0) is 14.6. The summed E-state index contributed by atoms with van der Waals surface area (Å²) in [5, 5.41) is 4.94. The molecule has 19 heavy (non-hydrogen) atoms. The van der Waals surface area contributed by atoms with Crippen LogP contribution in [0.4, 0.5) is 26.3 Å². The lowest BCUT2D eigenvalue weighted by molar-refractivity contribution is -0.162. The van der Waals surface area contributed by atoms with Gasteiger partial charge in [0.1, 0.15) is 0 Å². The lowest BCUT2D eigenvalue weighted by Gasteiger charge is -2.18. The standard InChI is InChI=1S/C8BrClF6N2O/c9-3-1(7(11,12)13)2(8(14,15)16)4(10)6-5(3)17-19-18-6. The molecule has 0 amide bonds. The minimum absolute atomic E-state index is 0.537. The van der Waals surface area contributed by atoms with Gasteiger partial charge in [0, 0.05) is 0 Å². The van der Waals surface area contributed by atoms with Gasteiger partial charge in [0.25, 0.3) is 0 Å². The van der Waals surface area contributed by atoms with Crippen LogP contribution in [-0.2, 0) is 12.4 Å². The van der Waals surface area contributed by atoms with Crippen molar-refractivity contribution in [1.29, 1.82) is 0 Å². The third-order valence-electron chi connectivity index (χ3n) is 2.16. The Morgan fingerprint density at radius 1 is 0.895 bits per heavy atom. The molecular weight excluding hydrogens is 369 g/mol. The van der Waals surface area contributed by atoms with Crippen molar-refractivity contribution in [2.45, 2.75) is 12.4 Å². The van der Waals surface area contributed by atoms with Crippen molar-refractivity contribution in [3.63, 3.8) is 0 Å². The van der Waals surface area contributed by atoms with Crippen molar-refractivity contribution in [3.05, 3.63) is 20.6 Å². The van der Waals surface area contributed by atoms with E-state index in [-0.39, 0.29) is 0 Å². The van der Waals surface area contributed by atoms with Gasteiger partial charge in [0.15, 0.2) is 11.0 Å². The number of alkyl halides is 6. The number of rotatable bonds is 0. The van der Waals surface area contributed by atoms with Crippen LogP contribution in [0, 0.1) is 0 Å². The summed E-state index contributed by atoms with van der Waals surface area (Å²) in [6, 6.07) is 0. The monoisotopic (exact) mass is 368 g/mol. The molecule has 104 valence electrons. The predicted molar refractivity (Wildman–Crippen MR) is 54.5 cm³/mol. The Kier molecular flexibility index (Phi) is 3.21. The maximum Gasteiger partial charge on any atom is 0.418 e. The highest BCUT2D eigenvalue weighted by Crippen LogP contribution is 2.49. The van der Waals surface area contributed by atoms with Crippen LogP contribution in [-0.4, -0.2) is 10.3 Å². The first-order chi connectivity index (χ1) is 8.55. The molecule has 0 saturated heterocycles. The molecule has 2 rings (SSSR count). The number of halogens is 8. The summed E-state index contributed by atoms with van der Waals surface area (Å²) >= 11 is 7.78. The smallest absolute Gasteiger partial charge is 0.243 e. The molecule has 0 aliphatic heterocycles. The van der Waals surface area contributed by atoms with E-state index < -0.39 is 44.0 Å². The maximum absolute atomic E-state index is 12.8. The van der Waals surface area contributed by atoms with Crippen LogP contribution >= 0.6 is 27.5 Å². The molecule has 0 bridgehead atoms. The van der Waals surface area contributed by atoms with E-state index in [4.69, 9.17) is 11.6 Å². The van der Waals surface area contributed by atoms with E-state index in [1.54, 1.807) is 0 Å². The Morgan fingerprint density at radius 2 is 1.37 bits per heavy atom. The number of hydrogen-bond donors (Lipinski definition) is 0. The van der Waals surface area contributed by atoms with Crippen LogP contribution in [0.1, 0.15) is 11.1 Å². The molecule has 0 atom stereocenters. The van der Waals surface area contributed by atoms with Gasteiger partial charge in [-0.3, -0.25) is 0 Å². The molecule has 0 saturated carbocycles. The molecular formula is C8BrClF6N2O. The number of nitrogens with zero attached hydrogens (tertiary/aromatic N) is 2. The zero-order valence-electron chi connectivity index (χ0n) is 8.33. The lowest BCUT2D eigenvalue weighted by atomic mass is 10.0. The third kappa shape index (κ3) is 2.27. The molecule has 0 spiro atoms. The molecule has 1 aromatic carbocycles. The van der Waals surface area contributed by atoms with Gasteiger partial charge < -0.3 is 0 Å². The fourth-order valence-electron chi connectivity index (χ4n) is 1.47. The van der Waals surface area contributed by atoms with Gasteiger partial charge in [-0.25, -0.2) is 4.63 Å². The third-order valence-corrected chi connectivity index (χ3v) is 3.30. The van der Waals surface area contributed by atoms with Crippen LogP contribution in [0.25, 0.3) is 11.0 Å². The molecule has 0 radical (unpaired) electrons. The Morgan fingerprint density at radius 3 is 1.84 bits per heavy atom. The average Bonchev–Trinajstić information content (AvgIpc) is 2.68. The molecule has 0 fully saturated rings. The van der Waals surface area contributed by atoms with E-state index in [0.717, 1.165) is 0 Å². The Balaban J connectivity index is 3.02. The second kappa shape index (κ2) is 4.23. The summed E-state index contributed by atoms with van der Waals surface area (Å²) < 4.78 is 79.9. The fraction of sp³-hybridized carbons (Fsp3) is 0.250. The molecule has 1 heterocycles. The highest BCUT2D eigenvalue weighted by molar-refractivity contribution is 9.10. The molecule has 2 aromatic rings. The fourth-order valence-corrected chi connectivity index (χ4v) is 2.47. The van der Waals surface area contributed by atoms with Crippen LogP contribution in [0.5, 0.6) is 0 Å². The first-order valence-electron chi connectivity index (χ1n) is 4.32. The van der Waals surface area contributed by atoms with Crippen molar-refractivity contribution in [1.82, 2.24) is 10.3 Å². The van der Waals surface area contributed by atoms with Gasteiger partial charge >= 0.3 is 12.4 Å². The van der Waals surface area contributed by atoms with E-state index in [1.165, 1.54) is 0 Å². The van der Waals surface area contributed by atoms with Gasteiger partial charge in [0.05, 0.1) is 20.6 Å². The lowest BCUT2D eigenvalue weighted by Crippen LogP contribution is -2.18. The number of benzene rings is 1. The zero-order valence-corrected chi connectivity index (χ0v) is 10.7. The molecule has 0 unspecified atom stereocenters. The second-order valence-electron chi connectivity index (χ2n) is 3.33. The van der Waals surface area contributed by atoms with Gasteiger partial charge in [-0.1, -0.05) is 11.6 Å². The van der Waals surface area contributed by atoms with E-state index in [2.05, 4.69) is 30.9 Å². The van der Waals surface area contributed by atoms with Crippen LogP contribution < -0.4 is 0 Å². The minimum atomic E-state index is -5.31. The molecule has 1 aromatic heterocycles. The molecule has 0 aliphatic carbocycles. The van der Waals surface area contributed by atoms with Crippen molar-refractivity contribution in [3.8, 4) is 0 Å². The summed E-state index contributed by atoms with van der Waals surface area (Å²) in [7, 11) is 0. The van der Waals surface area contributed by atoms with Crippen LogP contribution in [0.2, 0.25) is 5.02 Å². The van der Waals surface area contributed by atoms with Crippen molar-refractivity contribution >= 4 is 38.6 Å². The van der Waals surface area contributed by atoms with Gasteiger partial charge in [-0.2, -0.15) is 26.3 Å². The highest BCUT2D eigenvalue weighted by atomic mass is 79.9. The van der Waals surface area contributed by atoms with Crippen molar-refractivity contribution < 1.29 is 31.0 Å². The normalized spacial score (nSPS) is 13.3. The largest absolute Gasteiger partial charge is 0.418 e. The second-order valence-corrected chi connectivity index (χ2v) is 4.51. The van der Waals surface area contributed by atoms with Crippen molar-refractivity contribution in [2.24, 2.45) is 0 Å². The summed E-state index contributed by atoms with van der Waals surface area (Å²) in [6.45, 7) is 0. The van der Waals surface area contributed by atoms with E-state index in [9.17, 15) is 26.3 Å². The molecule has 3 nitrogen and oxygen atoms in total. The summed E-state index contributed by atoms with van der Waals surface area (Å²) in [6.07, 6.45) is -10.6. The summed E-state index contributed by atoms with van der Waals surface area (Å²) in [5.41, 5.74) is -5.14. The SMILES string of the molecule is FC(F)(F)c1c(C(F)(F)F)c(Br)c2nonc2c1Cl. The number of fused-ring (bicyclic) bond motifs is 1. The maximum atomic E-state index is 12.8. The summed E-state index contributed by atoms with van der Waals surface area (Å²) in [5.74, 6) is 0. The molecule has 0 N–H and O–H groups in total. The topological polar surface area (TPSA) is 38.9 Å². The quantitative estimate of drug-likeness (QED) is 0.633. The van der Waals surface area contributed by atoms with Crippen LogP contribution in [0.15, 0.2) is 9.10 Å². The highest BCUT2D eigenvalue weighted by Gasteiger charge is 2.48. The van der Waals surface area contributed by atoms with Gasteiger partial charge in [-0.15, -0.1) is 0 Å². The van der Waals surface area contributed by atoms with Gasteiger partial charge in [-0.05, 0) is 26.2 Å². The number of hydrogen-bond acceptors (Lipinski definition) is 3. The Labute approximate surface area is 113 Å². The minimum Gasteiger partial charge on any atom is -0.243 e. The average molecular weight is 369 g/mol. The van der Waals surface area contributed by atoms with E-state index in [1.807, 2.05) is 0 Å². The number of aromatic nitrogens is 2. The molecule has 0 aliphatic rings. The Bertz CT molecular complexity index is 595. The predicted octanol–water partition coefficient (Wildman–Crippen LogP) is 4.68.